The van der Waals surface area contributed by atoms with Gasteiger partial charge in [-0.1, -0.05) is 12.1 Å². The Balaban J connectivity index is 1.80. The smallest absolute Gasteiger partial charge is 0.276 e. The number of nitrogens with one attached hydrogen (secondary N) is 1. The van der Waals surface area contributed by atoms with E-state index in [1.807, 2.05) is 6.92 Å². The summed E-state index contributed by atoms with van der Waals surface area (Å²) in [5.74, 6) is 0.385. The molecule has 1 aliphatic heterocycles. The van der Waals surface area contributed by atoms with E-state index in [1.165, 1.54) is 6.20 Å². The molecular formula is C15H20N4O4S. The van der Waals surface area contributed by atoms with Crippen molar-refractivity contribution >= 4 is 15.7 Å². The number of nitrogens with zero attached hydrogens (tertiary/aromatic N) is 3. The number of carbonyl (C=O) groups is 1. The van der Waals surface area contributed by atoms with Crippen LogP contribution in [-0.4, -0.2) is 53.9 Å². The fourth-order valence-electron chi connectivity index (χ4n) is 3.01. The summed E-state index contributed by atoms with van der Waals surface area (Å²) >= 11 is 0. The van der Waals surface area contributed by atoms with E-state index in [2.05, 4.69) is 15.4 Å². The van der Waals surface area contributed by atoms with Crippen LogP contribution in [0.15, 0.2) is 21.7 Å². The molecule has 2 aromatic heterocycles. The molecule has 1 amide bonds. The predicted octanol–water partition coefficient (Wildman–Crippen LogP) is 1.38. The highest BCUT2D eigenvalue weighted by Gasteiger charge is 2.31. The lowest BCUT2D eigenvalue weighted by Gasteiger charge is -2.32. The van der Waals surface area contributed by atoms with Crippen molar-refractivity contribution in [3.8, 4) is 0 Å². The highest BCUT2D eigenvalue weighted by Crippen LogP contribution is 2.30. The number of amides is 1. The maximum Gasteiger partial charge on any atom is 0.276 e. The van der Waals surface area contributed by atoms with E-state index in [1.54, 1.807) is 11.0 Å². The molecule has 0 radical (unpaired) electrons. The van der Waals surface area contributed by atoms with Gasteiger partial charge >= 0.3 is 0 Å². The summed E-state index contributed by atoms with van der Waals surface area (Å²) in [6, 6.07) is 1.66. The number of aryl methyl sites for hydroxylation is 1. The van der Waals surface area contributed by atoms with Gasteiger partial charge in [0.15, 0.2) is 15.5 Å². The van der Waals surface area contributed by atoms with Gasteiger partial charge in [-0.25, -0.2) is 8.42 Å². The Kier molecular flexibility index (Phi) is 4.44. The lowest BCUT2D eigenvalue weighted by Crippen LogP contribution is -2.39. The maximum absolute atomic E-state index is 12.6. The largest absolute Gasteiger partial charge is 0.361 e. The molecule has 1 fully saturated rings. The third kappa shape index (κ3) is 3.21. The minimum Gasteiger partial charge on any atom is -0.361 e. The molecule has 0 spiro atoms. The highest BCUT2D eigenvalue weighted by molar-refractivity contribution is 7.90. The molecule has 0 aliphatic carbocycles. The van der Waals surface area contributed by atoms with Crippen molar-refractivity contribution in [1.29, 1.82) is 0 Å². The van der Waals surface area contributed by atoms with Crippen molar-refractivity contribution in [3.05, 3.63) is 29.4 Å². The third-order valence-electron chi connectivity index (χ3n) is 4.28. The van der Waals surface area contributed by atoms with E-state index >= 15 is 0 Å². The van der Waals surface area contributed by atoms with Gasteiger partial charge < -0.3 is 9.42 Å². The van der Waals surface area contributed by atoms with Crippen molar-refractivity contribution in [2.24, 2.45) is 0 Å². The van der Waals surface area contributed by atoms with E-state index in [-0.39, 0.29) is 16.7 Å². The van der Waals surface area contributed by atoms with E-state index in [0.29, 0.717) is 36.7 Å². The zero-order valence-corrected chi connectivity index (χ0v) is 14.5. The molecule has 3 heterocycles. The quantitative estimate of drug-likeness (QED) is 0.890. The van der Waals surface area contributed by atoms with Gasteiger partial charge in [0.05, 0.1) is 11.9 Å². The van der Waals surface area contributed by atoms with Crippen LogP contribution in [0.4, 0.5) is 0 Å². The van der Waals surface area contributed by atoms with Gasteiger partial charge in [0, 0.05) is 37.8 Å². The Bertz CT molecular complexity index is 839. The Labute approximate surface area is 140 Å². The van der Waals surface area contributed by atoms with Crippen LogP contribution in [0.2, 0.25) is 0 Å². The third-order valence-corrected chi connectivity index (χ3v) is 5.40. The summed E-state index contributed by atoms with van der Waals surface area (Å²) in [6.07, 6.45) is 4.75. The topological polar surface area (TPSA) is 109 Å². The molecule has 1 saturated heterocycles. The van der Waals surface area contributed by atoms with Gasteiger partial charge in [-0.05, 0) is 12.8 Å². The number of H-pyrrole nitrogens is 1. The van der Waals surface area contributed by atoms with Crippen LogP contribution >= 0.6 is 0 Å². The van der Waals surface area contributed by atoms with Crippen molar-refractivity contribution in [1.82, 2.24) is 20.3 Å². The standard InChI is InChI=1S/C15H20N4O4S/c1-3-11-7-12(18-23-11)15(20)19-6-4-5-10(9-19)14-13(8-16-17-14)24(2,21)22/h7-8,10H,3-6,9H2,1-2H3,(H,16,17)/t10-/m1/s1. The number of sulfone groups is 1. The predicted molar refractivity (Wildman–Crippen MR) is 85.5 cm³/mol. The lowest BCUT2D eigenvalue weighted by atomic mass is 9.94. The summed E-state index contributed by atoms with van der Waals surface area (Å²) < 4.78 is 28.8. The number of piperidine rings is 1. The van der Waals surface area contributed by atoms with Gasteiger partial charge in [0.1, 0.15) is 10.7 Å². The van der Waals surface area contributed by atoms with Gasteiger partial charge in [-0.3, -0.25) is 9.89 Å². The monoisotopic (exact) mass is 352 g/mol. The summed E-state index contributed by atoms with van der Waals surface area (Å²) in [6.45, 7) is 2.97. The van der Waals surface area contributed by atoms with Crippen LogP contribution in [0.3, 0.4) is 0 Å². The highest BCUT2D eigenvalue weighted by atomic mass is 32.2. The molecule has 0 unspecified atom stereocenters. The Morgan fingerprint density at radius 2 is 2.29 bits per heavy atom. The normalized spacial score (nSPS) is 18.8. The summed E-state index contributed by atoms with van der Waals surface area (Å²) in [5, 5.41) is 10.5. The molecule has 2 aromatic rings. The fraction of sp³-hybridized carbons (Fsp3) is 0.533. The van der Waals surface area contributed by atoms with Crippen LogP contribution in [0.5, 0.6) is 0 Å². The first-order valence-electron chi connectivity index (χ1n) is 7.88. The molecule has 1 N–H and O–H groups in total. The Morgan fingerprint density at radius 1 is 1.50 bits per heavy atom. The van der Waals surface area contributed by atoms with Gasteiger partial charge in [-0.15, -0.1) is 0 Å². The first-order valence-corrected chi connectivity index (χ1v) is 9.77. The average Bonchev–Trinajstić information content (AvgIpc) is 3.23. The first kappa shape index (κ1) is 16.7. The molecule has 3 rings (SSSR count). The molecule has 0 saturated carbocycles. The molecular weight excluding hydrogens is 332 g/mol. The van der Waals surface area contributed by atoms with Gasteiger partial charge in [0.2, 0.25) is 0 Å². The van der Waals surface area contributed by atoms with Crippen molar-refractivity contribution in [2.45, 2.75) is 37.0 Å². The van der Waals surface area contributed by atoms with Crippen molar-refractivity contribution in [3.63, 3.8) is 0 Å². The second-order valence-electron chi connectivity index (χ2n) is 6.04. The maximum atomic E-state index is 12.6. The number of likely N-dealkylation sites (tertiary alicyclic amines) is 1. The molecule has 0 aromatic carbocycles. The minimum absolute atomic E-state index is 0.0903. The van der Waals surface area contributed by atoms with Crippen LogP contribution in [0.1, 0.15) is 47.6 Å². The lowest BCUT2D eigenvalue weighted by molar-refractivity contribution is 0.0694. The van der Waals surface area contributed by atoms with E-state index in [9.17, 15) is 13.2 Å². The van der Waals surface area contributed by atoms with Crippen LogP contribution < -0.4 is 0 Å². The summed E-state index contributed by atoms with van der Waals surface area (Å²) in [7, 11) is -3.35. The summed E-state index contributed by atoms with van der Waals surface area (Å²) in [5.41, 5.74) is 0.866. The average molecular weight is 352 g/mol. The van der Waals surface area contributed by atoms with E-state index in [4.69, 9.17) is 4.52 Å². The molecule has 9 heteroatoms. The van der Waals surface area contributed by atoms with E-state index < -0.39 is 9.84 Å². The Hall–Kier alpha value is -2.16. The molecule has 24 heavy (non-hydrogen) atoms. The molecule has 8 nitrogen and oxygen atoms in total. The van der Waals surface area contributed by atoms with Crippen LogP contribution in [-0.2, 0) is 16.3 Å². The van der Waals surface area contributed by atoms with Crippen molar-refractivity contribution < 1.29 is 17.7 Å². The number of aromatic nitrogens is 3. The van der Waals surface area contributed by atoms with Gasteiger partial charge in [-0.2, -0.15) is 5.10 Å². The number of hydrogen-bond acceptors (Lipinski definition) is 6. The number of hydrogen-bond donors (Lipinski definition) is 1. The van der Waals surface area contributed by atoms with Gasteiger partial charge in [0.25, 0.3) is 5.91 Å². The molecule has 0 bridgehead atoms. The number of aromatic amines is 1. The molecule has 1 aliphatic rings. The van der Waals surface area contributed by atoms with Crippen molar-refractivity contribution in [2.75, 3.05) is 19.3 Å². The van der Waals surface area contributed by atoms with Crippen LogP contribution in [0, 0.1) is 0 Å². The Morgan fingerprint density at radius 3 is 2.96 bits per heavy atom. The molecule has 1 atom stereocenters. The second-order valence-corrected chi connectivity index (χ2v) is 8.03. The number of carbonyl (C=O) groups excluding carboxylic acids is 1. The summed E-state index contributed by atoms with van der Waals surface area (Å²) in [4.78, 5) is 14.5. The van der Waals surface area contributed by atoms with E-state index in [0.717, 1.165) is 19.1 Å². The molecule has 130 valence electrons. The SMILES string of the molecule is CCc1cc(C(=O)N2CCC[C@@H](c3[nH]ncc3S(C)(=O)=O)C2)no1. The minimum atomic E-state index is -3.35. The fourth-order valence-corrected chi connectivity index (χ4v) is 3.87. The zero-order chi connectivity index (χ0) is 17.3. The number of rotatable bonds is 4. The zero-order valence-electron chi connectivity index (χ0n) is 13.7. The first-order chi connectivity index (χ1) is 11.4. The van der Waals surface area contributed by atoms with Crippen LogP contribution in [0.25, 0.3) is 0 Å². The second kappa shape index (κ2) is 6.39.